The van der Waals surface area contributed by atoms with Crippen molar-refractivity contribution in [3.8, 4) is 0 Å². The molecule has 1 aliphatic heterocycles. The van der Waals surface area contributed by atoms with Crippen molar-refractivity contribution in [2.75, 3.05) is 13.1 Å². The van der Waals surface area contributed by atoms with Gasteiger partial charge in [0.25, 0.3) is 0 Å². The van der Waals surface area contributed by atoms with Crippen LogP contribution < -0.4 is 10.6 Å². The number of carbonyl (C=O) groups excluding carboxylic acids is 1. The van der Waals surface area contributed by atoms with E-state index in [1.165, 1.54) is 0 Å². The predicted molar refractivity (Wildman–Crippen MR) is 40.3 cm³/mol. The maximum Gasteiger partial charge on any atom is 0.416 e. The summed E-state index contributed by atoms with van der Waals surface area (Å²) in [6, 6.07) is 0.271. The lowest BCUT2D eigenvalue weighted by atomic mass is 10.2. The summed E-state index contributed by atoms with van der Waals surface area (Å²) in [7, 11) is 0. The summed E-state index contributed by atoms with van der Waals surface area (Å²) >= 11 is 1.55. The summed E-state index contributed by atoms with van der Waals surface area (Å²) in [4.78, 5) is 10.4. The molecule has 1 amide bonds. The van der Waals surface area contributed by atoms with E-state index in [1.54, 1.807) is 23.0 Å². The average molecular weight is 242 g/mol. The minimum atomic E-state index is -0.359. The van der Waals surface area contributed by atoms with Gasteiger partial charge in [-0.1, -0.05) is 0 Å². The fourth-order valence-corrected chi connectivity index (χ4v) is 0.707. The Kier molecular flexibility index (Phi) is 2.52. The highest BCUT2D eigenvalue weighted by molar-refractivity contribution is 14.1. The van der Waals surface area contributed by atoms with Crippen molar-refractivity contribution in [1.82, 2.24) is 10.6 Å². The minimum Gasteiger partial charge on any atom is -0.378 e. The van der Waals surface area contributed by atoms with Crippen LogP contribution in [-0.4, -0.2) is 25.2 Å². The van der Waals surface area contributed by atoms with Crippen molar-refractivity contribution in [3.05, 3.63) is 0 Å². The molecule has 9 heavy (non-hydrogen) atoms. The number of amides is 1. The van der Waals surface area contributed by atoms with Gasteiger partial charge in [0, 0.05) is 13.1 Å². The first kappa shape index (κ1) is 7.07. The molecule has 0 atom stereocenters. The van der Waals surface area contributed by atoms with Crippen LogP contribution in [0.2, 0.25) is 0 Å². The van der Waals surface area contributed by atoms with Gasteiger partial charge in [0.2, 0.25) is 0 Å². The molecule has 0 aromatic heterocycles. The third-order valence-electron chi connectivity index (χ3n) is 1.17. The molecule has 0 radical (unpaired) electrons. The lowest BCUT2D eigenvalue weighted by Crippen LogP contribution is -2.56. The zero-order chi connectivity index (χ0) is 6.69. The molecule has 52 valence electrons. The van der Waals surface area contributed by atoms with Crippen LogP contribution in [0, 0.1) is 0 Å². The molecule has 1 fully saturated rings. The molecule has 0 unspecified atom stereocenters. The van der Waals surface area contributed by atoms with Crippen LogP contribution in [0.3, 0.4) is 0 Å². The smallest absolute Gasteiger partial charge is 0.378 e. The number of hydrogen-bond acceptors (Lipinski definition) is 3. The molecule has 2 N–H and O–H groups in total. The molecule has 4 nitrogen and oxygen atoms in total. The fourth-order valence-electron chi connectivity index (χ4n) is 0.580. The van der Waals surface area contributed by atoms with Gasteiger partial charge in [-0.25, -0.2) is 4.79 Å². The van der Waals surface area contributed by atoms with Gasteiger partial charge in [-0.15, -0.1) is 0 Å². The van der Waals surface area contributed by atoms with Gasteiger partial charge in [0.1, 0.15) is 0 Å². The quantitative estimate of drug-likeness (QED) is 0.638. The number of hydrogen-bond donors (Lipinski definition) is 2. The van der Waals surface area contributed by atoms with E-state index >= 15 is 0 Å². The highest BCUT2D eigenvalue weighted by Gasteiger charge is 2.18. The van der Waals surface area contributed by atoms with E-state index in [0.717, 1.165) is 13.1 Å². The third-order valence-corrected chi connectivity index (χ3v) is 1.57. The van der Waals surface area contributed by atoms with Crippen LogP contribution in [0.5, 0.6) is 0 Å². The Labute approximate surface area is 67.0 Å². The second kappa shape index (κ2) is 3.21. The molecular weight excluding hydrogens is 235 g/mol. The van der Waals surface area contributed by atoms with E-state index in [0.29, 0.717) is 0 Å². The second-order valence-corrected chi connectivity index (χ2v) is 2.30. The highest BCUT2D eigenvalue weighted by atomic mass is 127. The minimum absolute atomic E-state index is 0.271. The summed E-state index contributed by atoms with van der Waals surface area (Å²) in [6.45, 7) is 1.71. The lowest BCUT2D eigenvalue weighted by Gasteiger charge is -2.26. The third kappa shape index (κ3) is 1.98. The first-order valence-electron chi connectivity index (χ1n) is 2.62. The Balaban J connectivity index is 2.09. The van der Waals surface area contributed by atoms with Crippen LogP contribution in [0.1, 0.15) is 0 Å². The number of carbonyl (C=O) groups is 1. The molecule has 1 rings (SSSR count). The molecule has 0 aromatic rings. The van der Waals surface area contributed by atoms with E-state index in [-0.39, 0.29) is 12.1 Å². The first-order valence-corrected chi connectivity index (χ1v) is 3.51. The number of nitrogens with one attached hydrogen (secondary N) is 2. The summed E-state index contributed by atoms with van der Waals surface area (Å²) in [5.74, 6) is 0. The van der Waals surface area contributed by atoms with Crippen molar-refractivity contribution in [3.63, 3.8) is 0 Å². The largest absolute Gasteiger partial charge is 0.416 e. The molecule has 0 aromatic carbocycles. The monoisotopic (exact) mass is 242 g/mol. The maximum absolute atomic E-state index is 10.4. The van der Waals surface area contributed by atoms with E-state index in [1.807, 2.05) is 0 Å². The van der Waals surface area contributed by atoms with Gasteiger partial charge in [-0.3, -0.25) is 0 Å². The highest BCUT2D eigenvalue weighted by Crippen LogP contribution is 1.93. The normalized spacial score (nSPS) is 18.3. The van der Waals surface area contributed by atoms with E-state index in [4.69, 9.17) is 0 Å². The van der Waals surface area contributed by atoms with Crippen molar-refractivity contribution in [2.45, 2.75) is 6.04 Å². The first-order chi connectivity index (χ1) is 4.33. The molecule has 0 saturated carbocycles. The summed E-state index contributed by atoms with van der Waals surface area (Å²) in [6.07, 6.45) is -0.359. The maximum atomic E-state index is 10.4. The fraction of sp³-hybridized carbons (Fsp3) is 0.750. The Morgan fingerprint density at radius 2 is 2.44 bits per heavy atom. The topological polar surface area (TPSA) is 50.4 Å². The average Bonchev–Trinajstić information content (AvgIpc) is 1.78. The van der Waals surface area contributed by atoms with Gasteiger partial charge in [0.05, 0.1) is 6.04 Å². The van der Waals surface area contributed by atoms with E-state index in [9.17, 15) is 4.79 Å². The van der Waals surface area contributed by atoms with Crippen molar-refractivity contribution in [1.29, 1.82) is 0 Å². The number of rotatable bonds is 1. The van der Waals surface area contributed by atoms with Crippen molar-refractivity contribution < 1.29 is 7.86 Å². The Bertz CT molecular complexity index is 115. The Hall–Kier alpha value is -0.0400. The van der Waals surface area contributed by atoms with Crippen LogP contribution in [-0.2, 0) is 3.07 Å². The van der Waals surface area contributed by atoms with Crippen LogP contribution in [0.25, 0.3) is 0 Å². The lowest BCUT2D eigenvalue weighted by molar-refractivity contribution is 0.205. The molecular formula is C4H7IN2O2. The van der Waals surface area contributed by atoms with Gasteiger partial charge >= 0.3 is 6.09 Å². The predicted octanol–water partition coefficient (Wildman–Crippen LogP) is 0.0344. The summed E-state index contributed by atoms with van der Waals surface area (Å²) in [5, 5.41) is 5.65. The standard InChI is InChI=1S/C4H7IN2O2/c5-9-4(8)7-3-1-6-2-3/h3,6H,1-2H2,(H,7,8). The zero-order valence-corrected chi connectivity index (χ0v) is 6.84. The molecule has 0 bridgehead atoms. The van der Waals surface area contributed by atoms with Crippen LogP contribution in [0.4, 0.5) is 4.79 Å². The molecule has 5 heteroatoms. The van der Waals surface area contributed by atoms with E-state index < -0.39 is 0 Å². The van der Waals surface area contributed by atoms with Crippen molar-refractivity contribution in [2.24, 2.45) is 0 Å². The Morgan fingerprint density at radius 3 is 2.78 bits per heavy atom. The Morgan fingerprint density at radius 1 is 1.78 bits per heavy atom. The SMILES string of the molecule is O=C(NC1CNC1)OI. The van der Waals surface area contributed by atoms with Crippen molar-refractivity contribution >= 4 is 29.1 Å². The van der Waals surface area contributed by atoms with Gasteiger partial charge in [0.15, 0.2) is 23.0 Å². The van der Waals surface area contributed by atoms with Gasteiger partial charge in [-0.2, -0.15) is 0 Å². The molecule has 0 aliphatic carbocycles. The summed E-state index contributed by atoms with van der Waals surface area (Å²) < 4.78 is 4.35. The van der Waals surface area contributed by atoms with Crippen LogP contribution in [0.15, 0.2) is 0 Å². The molecule has 0 spiro atoms. The molecule has 1 aliphatic rings. The molecule has 1 saturated heterocycles. The second-order valence-electron chi connectivity index (χ2n) is 1.86. The van der Waals surface area contributed by atoms with Crippen LogP contribution >= 0.6 is 23.0 Å². The van der Waals surface area contributed by atoms with Gasteiger partial charge in [-0.05, 0) is 0 Å². The van der Waals surface area contributed by atoms with E-state index in [2.05, 4.69) is 13.7 Å². The molecule has 1 heterocycles. The van der Waals surface area contributed by atoms with Gasteiger partial charge < -0.3 is 13.7 Å². The summed E-state index contributed by atoms with van der Waals surface area (Å²) in [5.41, 5.74) is 0. The number of halogens is 1. The zero-order valence-electron chi connectivity index (χ0n) is 4.69.